The molecule has 1 aromatic carbocycles. The summed E-state index contributed by atoms with van der Waals surface area (Å²) >= 11 is 0. The van der Waals surface area contributed by atoms with Crippen molar-refractivity contribution in [2.45, 2.75) is 39.0 Å². The number of rotatable bonds is 3. The third kappa shape index (κ3) is 2.96. The van der Waals surface area contributed by atoms with Gasteiger partial charge in [-0.1, -0.05) is 18.6 Å². The number of ketones is 2. The third-order valence-electron chi connectivity index (χ3n) is 4.96. The fraction of sp³-hybridized carbons (Fsp3) is 0.500. The van der Waals surface area contributed by atoms with E-state index in [1.54, 1.807) is 24.3 Å². The van der Waals surface area contributed by atoms with Crippen LogP contribution in [0.3, 0.4) is 0 Å². The first kappa shape index (κ1) is 14.9. The summed E-state index contributed by atoms with van der Waals surface area (Å²) in [6, 6.07) is 7.00. The maximum absolute atomic E-state index is 12.5. The molecule has 4 nitrogen and oxygen atoms in total. The van der Waals surface area contributed by atoms with Gasteiger partial charge in [0.25, 0.3) is 0 Å². The van der Waals surface area contributed by atoms with Gasteiger partial charge in [-0.05, 0) is 44.7 Å². The molecule has 1 unspecified atom stereocenters. The molecule has 2 saturated carbocycles. The first-order chi connectivity index (χ1) is 10.5. The molecule has 2 aliphatic rings. The van der Waals surface area contributed by atoms with Gasteiger partial charge in [0.1, 0.15) is 5.78 Å². The van der Waals surface area contributed by atoms with Crippen LogP contribution in [0.25, 0.3) is 0 Å². The second-order valence-corrected chi connectivity index (χ2v) is 6.52. The Bertz CT molecular complexity index is 607. The van der Waals surface area contributed by atoms with Gasteiger partial charge in [0, 0.05) is 29.0 Å². The van der Waals surface area contributed by atoms with Gasteiger partial charge in [0.2, 0.25) is 5.91 Å². The van der Waals surface area contributed by atoms with E-state index in [2.05, 4.69) is 5.32 Å². The first-order valence-electron chi connectivity index (χ1n) is 8.00. The molecule has 22 heavy (non-hydrogen) atoms. The second kappa shape index (κ2) is 6.03. The summed E-state index contributed by atoms with van der Waals surface area (Å²) in [4.78, 5) is 36.0. The van der Waals surface area contributed by atoms with Crippen LogP contribution in [0.2, 0.25) is 0 Å². The number of nitrogens with one attached hydrogen (secondary N) is 1. The standard InChI is InChI=1S/C18H21NO3/c1-11(20)12-4-3-7-16(10-12)19-18(22)15-8-13-5-2-6-14(9-15)17(13)21/h3-4,7,10,13-15H,2,5-6,8-9H2,1H3,(H,19,22)/t13-,14+,15?. The zero-order valence-electron chi connectivity index (χ0n) is 12.8. The highest BCUT2D eigenvalue weighted by atomic mass is 16.2. The Balaban J connectivity index is 1.68. The minimum Gasteiger partial charge on any atom is -0.326 e. The highest BCUT2D eigenvalue weighted by molar-refractivity contribution is 5.98. The van der Waals surface area contributed by atoms with Crippen molar-refractivity contribution >= 4 is 23.2 Å². The molecule has 116 valence electrons. The van der Waals surface area contributed by atoms with E-state index in [0.717, 1.165) is 19.3 Å². The number of anilines is 1. The monoisotopic (exact) mass is 299 g/mol. The number of fused-ring (bicyclic) bond motifs is 2. The molecule has 1 amide bonds. The number of benzene rings is 1. The summed E-state index contributed by atoms with van der Waals surface area (Å²) in [5, 5.41) is 2.91. The van der Waals surface area contributed by atoms with Crippen molar-refractivity contribution in [1.82, 2.24) is 0 Å². The van der Waals surface area contributed by atoms with Crippen LogP contribution < -0.4 is 5.32 Å². The van der Waals surface area contributed by atoms with Crippen molar-refractivity contribution in [3.63, 3.8) is 0 Å². The summed E-state index contributed by atoms with van der Waals surface area (Å²) in [5.41, 5.74) is 1.24. The molecular weight excluding hydrogens is 278 g/mol. The number of hydrogen-bond acceptors (Lipinski definition) is 3. The molecule has 2 aliphatic carbocycles. The second-order valence-electron chi connectivity index (χ2n) is 6.52. The molecule has 3 rings (SSSR count). The summed E-state index contributed by atoms with van der Waals surface area (Å²) < 4.78 is 0. The molecule has 2 bridgehead atoms. The van der Waals surface area contributed by atoms with Gasteiger partial charge in [-0.3, -0.25) is 14.4 Å². The lowest BCUT2D eigenvalue weighted by molar-refractivity contribution is -0.136. The fourth-order valence-corrected chi connectivity index (χ4v) is 3.75. The molecule has 0 saturated heterocycles. The normalized spacial score (nSPS) is 27.3. The molecule has 4 heteroatoms. The minimum absolute atomic E-state index is 0.0195. The van der Waals surface area contributed by atoms with Crippen LogP contribution >= 0.6 is 0 Å². The molecule has 0 heterocycles. The largest absolute Gasteiger partial charge is 0.326 e. The predicted octanol–water partition coefficient (Wildman–Crippen LogP) is 3.22. The Morgan fingerprint density at radius 2 is 1.82 bits per heavy atom. The van der Waals surface area contributed by atoms with Gasteiger partial charge in [-0.15, -0.1) is 0 Å². The topological polar surface area (TPSA) is 63.2 Å². The molecular formula is C18H21NO3. The lowest BCUT2D eigenvalue weighted by atomic mass is 9.67. The van der Waals surface area contributed by atoms with E-state index in [4.69, 9.17) is 0 Å². The Hall–Kier alpha value is -1.97. The summed E-state index contributed by atoms with van der Waals surface area (Å²) in [7, 11) is 0. The van der Waals surface area contributed by atoms with Crippen molar-refractivity contribution in [2.75, 3.05) is 5.32 Å². The van der Waals surface area contributed by atoms with Gasteiger partial charge < -0.3 is 5.32 Å². The zero-order valence-corrected chi connectivity index (χ0v) is 12.8. The molecule has 0 radical (unpaired) electrons. The average Bonchev–Trinajstić information content (AvgIpc) is 2.47. The molecule has 3 atom stereocenters. The Kier molecular flexibility index (Phi) is 4.10. The highest BCUT2D eigenvalue weighted by Gasteiger charge is 2.41. The Morgan fingerprint density at radius 1 is 1.14 bits per heavy atom. The molecule has 2 fully saturated rings. The zero-order chi connectivity index (χ0) is 15.7. The maximum atomic E-state index is 12.5. The van der Waals surface area contributed by atoms with Crippen LogP contribution in [0.5, 0.6) is 0 Å². The van der Waals surface area contributed by atoms with Crippen LogP contribution in [0.1, 0.15) is 49.4 Å². The summed E-state index contributed by atoms with van der Waals surface area (Å²) in [5.74, 6) is 0.389. The van der Waals surface area contributed by atoms with E-state index >= 15 is 0 Å². The molecule has 1 N–H and O–H groups in total. The maximum Gasteiger partial charge on any atom is 0.227 e. The summed E-state index contributed by atoms with van der Waals surface area (Å²) in [6.07, 6.45) is 4.31. The predicted molar refractivity (Wildman–Crippen MR) is 83.6 cm³/mol. The number of carbonyl (C=O) groups is 3. The van der Waals surface area contributed by atoms with Crippen LogP contribution in [0.15, 0.2) is 24.3 Å². The molecule has 0 spiro atoms. The number of amides is 1. The van der Waals surface area contributed by atoms with Crippen molar-refractivity contribution in [2.24, 2.45) is 17.8 Å². The van der Waals surface area contributed by atoms with Gasteiger partial charge in [-0.2, -0.15) is 0 Å². The van der Waals surface area contributed by atoms with Crippen LogP contribution in [-0.2, 0) is 9.59 Å². The van der Waals surface area contributed by atoms with Crippen LogP contribution in [0, 0.1) is 17.8 Å². The molecule has 1 aromatic rings. The van der Waals surface area contributed by atoms with E-state index in [-0.39, 0.29) is 29.4 Å². The number of carbonyl (C=O) groups excluding carboxylic acids is 3. The third-order valence-corrected chi connectivity index (χ3v) is 4.96. The molecule has 0 aromatic heterocycles. The van der Waals surface area contributed by atoms with Gasteiger partial charge in [0.05, 0.1) is 0 Å². The Morgan fingerprint density at radius 3 is 2.45 bits per heavy atom. The lowest BCUT2D eigenvalue weighted by Crippen LogP contribution is -2.40. The summed E-state index contributed by atoms with van der Waals surface area (Å²) in [6.45, 7) is 1.51. The van der Waals surface area contributed by atoms with Gasteiger partial charge in [-0.25, -0.2) is 0 Å². The Labute approximate surface area is 130 Å². The SMILES string of the molecule is CC(=O)c1cccc(NC(=O)C2C[C@H]3CCC[C@@H](C2)C3=O)c1. The average molecular weight is 299 g/mol. The van der Waals surface area contributed by atoms with E-state index in [1.807, 2.05) is 0 Å². The number of Topliss-reactive ketones (excluding diaryl/α,β-unsaturated/α-hetero) is 2. The van der Waals surface area contributed by atoms with Gasteiger partial charge >= 0.3 is 0 Å². The smallest absolute Gasteiger partial charge is 0.227 e. The lowest BCUT2D eigenvalue weighted by Gasteiger charge is -2.36. The van der Waals surface area contributed by atoms with Crippen LogP contribution in [-0.4, -0.2) is 17.5 Å². The quantitative estimate of drug-likeness (QED) is 0.872. The van der Waals surface area contributed by atoms with E-state index in [9.17, 15) is 14.4 Å². The number of hydrogen-bond donors (Lipinski definition) is 1. The minimum atomic E-state index is -0.0889. The van der Waals surface area contributed by atoms with Crippen molar-refractivity contribution < 1.29 is 14.4 Å². The van der Waals surface area contributed by atoms with Gasteiger partial charge in [0.15, 0.2) is 5.78 Å². The highest BCUT2D eigenvalue weighted by Crippen LogP contribution is 2.40. The van der Waals surface area contributed by atoms with Crippen LogP contribution in [0.4, 0.5) is 5.69 Å². The van der Waals surface area contributed by atoms with Crippen molar-refractivity contribution in [3.8, 4) is 0 Å². The van der Waals surface area contributed by atoms with Crippen molar-refractivity contribution in [3.05, 3.63) is 29.8 Å². The van der Waals surface area contributed by atoms with Crippen molar-refractivity contribution in [1.29, 1.82) is 0 Å². The first-order valence-corrected chi connectivity index (χ1v) is 8.00. The van der Waals surface area contributed by atoms with E-state index in [1.165, 1.54) is 6.92 Å². The van der Waals surface area contributed by atoms with E-state index in [0.29, 0.717) is 29.9 Å². The van der Waals surface area contributed by atoms with E-state index < -0.39 is 0 Å². The fourth-order valence-electron chi connectivity index (χ4n) is 3.75. The molecule has 0 aliphatic heterocycles.